The average molecular weight is 395 g/mol. The fourth-order valence-corrected chi connectivity index (χ4v) is 4.41. The Morgan fingerprint density at radius 3 is 2.43 bits per heavy atom. The maximum atomic E-state index is 13.3. The van der Waals surface area contributed by atoms with Crippen molar-refractivity contribution in [3.05, 3.63) is 60.8 Å². The molecule has 0 spiro atoms. The van der Waals surface area contributed by atoms with Crippen molar-refractivity contribution in [2.45, 2.75) is 9.79 Å². The minimum absolute atomic E-state index is 0.0164. The van der Waals surface area contributed by atoms with E-state index in [4.69, 9.17) is 4.74 Å². The highest BCUT2D eigenvalue weighted by molar-refractivity contribution is 7.91. The van der Waals surface area contributed by atoms with Gasteiger partial charge in [-0.25, -0.2) is 13.4 Å². The molecule has 1 N–H and O–H groups in total. The summed E-state index contributed by atoms with van der Waals surface area (Å²) in [6, 6.07) is 15.3. The van der Waals surface area contributed by atoms with E-state index < -0.39 is 9.84 Å². The van der Waals surface area contributed by atoms with Crippen molar-refractivity contribution in [3.8, 4) is 17.3 Å². The van der Waals surface area contributed by atoms with Crippen molar-refractivity contribution in [2.24, 2.45) is 0 Å². The molecular weight excluding hydrogens is 378 g/mol. The second kappa shape index (κ2) is 6.93. The summed E-state index contributed by atoms with van der Waals surface area (Å²) in [6.45, 7) is 0. The quantitative estimate of drug-likeness (QED) is 0.555. The Bertz CT molecular complexity index is 1240. The largest absolute Gasteiger partial charge is 0.481 e. The van der Waals surface area contributed by atoms with Crippen LogP contribution in [-0.2, 0) is 9.84 Å². The van der Waals surface area contributed by atoms with Crippen molar-refractivity contribution >= 4 is 21.3 Å². The summed E-state index contributed by atoms with van der Waals surface area (Å²) in [5, 5.41) is 7.20. The van der Waals surface area contributed by atoms with Crippen LogP contribution in [0.1, 0.15) is 0 Å². The minimum atomic E-state index is -3.87. The lowest BCUT2D eigenvalue weighted by Gasteiger charge is -2.08. The van der Waals surface area contributed by atoms with E-state index >= 15 is 0 Å². The molecule has 4 rings (SSSR count). The molecule has 4 aromatic rings. The Hall–Kier alpha value is -3.46. The third kappa shape index (κ3) is 2.85. The number of anilines is 1. The number of methoxy groups -OCH3 is 1. The zero-order valence-corrected chi connectivity index (χ0v) is 16.0. The highest BCUT2D eigenvalue weighted by Gasteiger charge is 2.30. The third-order valence-corrected chi connectivity index (χ3v) is 6.02. The highest BCUT2D eigenvalue weighted by atomic mass is 32.2. The van der Waals surface area contributed by atoms with Crippen LogP contribution in [0.2, 0.25) is 0 Å². The van der Waals surface area contributed by atoms with E-state index in [-0.39, 0.29) is 21.3 Å². The summed E-state index contributed by atoms with van der Waals surface area (Å²) in [5.41, 5.74) is 1.24. The van der Waals surface area contributed by atoms with E-state index in [0.29, 0.717) is 17.3 Å². The van der Waals surface area contributed by atoms with Crippen LogP contribution in [-0.4, -0.2) is 42.2 Å². The number of aromatic nitrogens is 4. The first-order chi connectivity index (χ1) is 13.6. The number of benzene rings is 1. The number of hydrogen-bond acceptors (Lipinski definition) is 7. The number of nitrogens with one attached hydrogen (secondary N) is 1. The van der Waals surface area contributed by atoms with Gasteiger partial charge < -0.3 is 10.1 Å². The molecule has 3 aromatic heterocycles. The number of sulfone groups is 1. The van der Waals surface area contributed by atoms with E-state index in [1.54, 1.807) is 49.6 Å². The van der Waals surface area contributed by atoms with Crippen LogP contribution in [0.15, 0.2) is 70.6 Å². The van der Waals surface area contributed by atoms with Crippen LogP contribution in [0.3, 0.4) is 0 Å². The number of fused-ring (bicyclic) bond motifs is 1. The molecule has 0 aliphatic carbocycles. The summed E-state index contributed by atoms with van der Waals surface area (Å²) in [7, 11) is -0.775. The van der Waals surface area contributed by atoms with Gasteiger partial charge in [-0.05, 0) is 24.3 Å². The second-order valence-corrected chi connectivity index (χ2v) is 7.76. The van der Waals surface area contributed by atoms with Gasteiger partial charge in [0.1, 0.15) is 0 Å². The molecule has 0 bridgehead atoms. The van der Waals surface area contributed by atoms with Crippen LogP contribution in [0.5, 0.6) is 5.88 Å². The van der Waals surface area contributed by atoms with Crippen molar-refractivity contribution < 1.29 is 13.2 Å². The van der Waals surface area contributed by atoms with Gasteiger partial charge in [-0.1, -0.05) is 24.3 Å². The third-order valence-electron chi connectivity index (χ3n) is 4.21. The smallest absolute Gasteiger partial charge is 0.218 e. The number of hydrogen-bond donors (Lipinski definition) is 1. The van der Waals surface area contributed by atoms with Gasteiger partial charge in [-0.15, -0.1) is 5.10 Å². The van der Waals surface area contributed by atoms with Gasteiger partial charge in [0.2, 0.25) is 15.7 Å². The number of rotatable bonds is 5. The van der Waals surface area contributed by atoms with Crippen molar-refractivity contribution in [1.82, 2.24) is 19.6 Å². The molecule has 8 nitrogen and oxygen atoms in total. The molecule has 0 fully saturated rings. The van der Waals surface area contributed by atoms with E-state index in [2.05, 4.69) is 20.4 Å². The first-order valence-electron chi connectivity index (χ1n) is 8.43. The normalized spacial score (nSPS) is 11.5. The van der Waals surface area contributed by atoms with Gasteiger partial charge in [0.15, 0.2) is 16.4 Å². The van der Waals surface area contributed by atoms with Gasteiger partial charge in [0, 0.05) is 19.3 Å². The van der Waals surface area contributed by atoms with Crippen molar-refractivity contribution in [3.63, 3.8) is 0 Å². The molecule has 0 amide bonds. The van der Waals surface area contributed by atoms with E-state index in [9.17, 15) is 8.42 Å². The summed E-state index contributed by atoms with van der Waals surface area (Å²) in [5.74, 6) is 0.532. The zero-order valence-electron chi connectivity index (χ0n) is 15.2. The fourth-order valence-electron chi connectivity index (χ4n) is 2.89. The first kappa shape index (κ1) is 17.9. The van der Waals surface area contributed by atoms with E-state index in [1.165, 1.54) is 23.8 Å². The fraction of sp³-hybridized carbons (Fsp3) is 0.105. The molecule has 0 aliphatic heterocycles. The topological polar surface area (TPSA) is 98.5 Å². The number of pyridine rings is 1. The Kier molecular flexibility index (Phi) is 4.44. The standard InChI is InChI=1S/C19H17N5O3S/c1-20-18-17(28(25,26)13-8-4-3-5-9-13)19-22-15(14-10-6-7-11-21-14)12-16(27-2)24(19)23-18/h3-12H,1-2H3,(H,20,23). The van der Waals surface area contributed by atoms with Crippen LogP contribution < -0.4 is 10.1 Å². The summed E-state index contributed by atoms with van der Waals surface area (Å²) >= 11 is 0. The predicted molar refractivity (Wildman–Crippen MR) is 104 cm³/mol. The Labute approximate surface area is 161 Å². The summed E-state index contributed by atoms with van der Waals surface area (Å²) in [6.07, 6.45) is 1.64. The summed E-state index contributed by atoms with van der Waals surface area (Å²) in [4.78, 5) is 8.99. The minimum Gasteiger partial charge on any atom is -0.481 e. The van der Waals surface area contributed by atoms with Crippen LogP contribution in [0.25, 0.3) is 17.0 Å². The van der Waals surface area contributed by atoms with Crippen LogP contribution in [0.4, 0.5) is 5.82 Å². The molecule has 0 radical (unpaired) electrons. The van der Waals surface area contributed by atoms with Crippen LogP contribution in [0, 0.1) is 0 Å². The average Bonchev–Trinajstić information content (AvgIpc) is 3.13. The number of nitrogens with zero attached hydrogens (tertiary/aromatic N) is 4. The molecule has 0 saturated heterocycles. The molecular formula is C19H17N5O3S. The first-order valence-corrected chi connectivity index (χ1v) is 9.91. The molecule has 0 unspecified atom stereocenters. The molecule has 142 valence electrons. The van der Waals surface area contributed by atoms with Gasteiger partial charge in [-0.2, -0.15) is 4.52 Å². The molecule has 0 aliphatic rings. The lowest BCUT2D eigenvalue weighted by molar-refractivity contribution is 0.385. The van der Waals surface area contributed by atoms with Crippen molar-refractivity contribution in [2.75, 3.05) is 19.5 Å². The maximum Gasteiger partial charge on any atom is 0.218 e. The lowest BCUT2D eigenvalue weighted by Crippen LogP contribution is -2.06. The lowest BCUT2D eigenvalue weighted by atomic mass is 10.2. The monoisotopic (exact) mass is 395 g/mol. The second-order valence-electron chi connectivity index (χ2n) is 5.88. The van der Waals surface area contributed by atoms with Crippen molar-refractivity contribution in [1.29, 1.82) is 0 Å². The predicted octanol–water partition coefficient (Wildman–Crippen LogP) is 2.67. The summed E-state index contributed by atoms with van der Waals surface area (Å²) < 4.78 is 33.5. The highest BCUT2D eigenvalue weighted by Crippen LogP contribution is 2.33. The van der Waals surface area contributed by atoms with Gasteiger partial charge in [-0.3, -0.25) is 4.98 Å². The Morgan fingerprint density at radius 2 is 1.79 bits per heavy atom. The zero-order chi connectivity index (χ0) is 19.7. The SMILES string of the molecule is CNc1nn2c(OC)cc(-c3ccccn3)nc2c1S(=O)(=O)c1ccccc1. The maximum absolute atomic E-state index is 13.3. The van der Waals surface area contributed by atoms with Gasteiger partial charge in [0.05, 0.1) is 23.4 Å². The molecule has 0 atom stereocenters. The Balaban J connectivity index is 2.06. The molecule has 0 saturated carbocycles. The number of ether oxygens (including phenoxy) is 1. The molecule has 28 heavy (non-hydrogen) atoms. The van der Waals surface area contributed by atoms with Gasteiger partial charge in [0.25, 0.3) is 0 Å². The molecule has 1 aromatic carbocycles. The molecule has 9 heteroatoms. The van der Waals surface area contributed by atoms with E-state index in [1.807, 2.05) is 6.07 Å². The molecule has 3 heterocycles. The van der Waals surface area contributed by atoms with E-state index in [0.717, 1.165) is 0 Å². The van der Waals surface area contributed by atoms with Gasteiger partial charge >= 0.3 is 0 Å². The Morgan fingerprint density at radius 1 is 1.04 bits per heavy atom. The van der Waals surface area contributed by atoms with Crippen LogP contribution >= 0.6 is 0 Å².